The zero-order chi connectivity index (χ0) is 25.7. The third-order valence-electron chi connectivity index (χ3n) is 6.84. The first-order valence-corrected chi connectivity index (χ1v) is 14.1. The number of benzene rings is 3. The third kappa shape index (κ3) is 6.36. The fraction of sp³-hybridized carbons (Fsp3) is 0.355. The van der Waals surface area contributed by atoms with Gasteiger partial charge in [0.15, 0.2) is 0 Å². The summed E-state index contributed by atoms with van der Waals surface area (Å²) >= 11 is 19.2. The van der Waals surface area contributed by atoms with Gasteiger partial charge in [-0.3, -0.25) is 0 Å². The van der Waals surface area contributed by atoms with Crippen LogP contribution < -0.4 is 0 Å². The number of hydrogen-bond donors (Lipinski definition) is 1. The van der Waals surface area contributed by atoms with Gasteiger partial charge in [-0.2, -0.15) is 0 Å². The molecule has 3 aromatic rings. The Balaban J connectivity index is 1.76. The maximum absolute atomic E-state index is 11.6. The van der Waals surface area contributed by atoms with E-state index in [0.29, 0.717) is 21.6 Å². The molecule has 0 saturated heterocycles. The number of aliphatic hydroxyl groups is 1. The Hall–Kier alpha value is -1.81. The summed E-state index contributed by atoms with van der Waals surface area (Å²) < 4.78 is 0. The molecule has 1 N–H and O–H groups in total. The summed E-state index contributed by atoms with van der Waals surface area (Å²) in [5.41, 5.74) is 7.15. The highest BCUT2D eigenvalue weighted by Gasteiger charge is 2.29. The average molecular weight is 543 g/mol. The minimum atomic E-state index is -0.644. The van der Waals surface area contributed by atoms with E-state index in [1.807, 2.05) is 48.5 Å². The van der Waals surface area contributed by atoms with Crippen molar-refractivity contribution in [2.75, 3.05) is 19.6 Å². The summed E-state index contributed by atoms with van der Waals surface area (Å²) in [4.78, 5) is 2.40. The number of halogens is 3. The Morgan fingerprint density at radius 3 is 2.14 bits per heavy atom. The second-order valence-electron chi connectivity index (χ2n) is 9.59. The molecule has 1 aliphatic carbocycles. The molecule has 0 bridgehead atoms. The summed E-state index contributed by atoms with van der Waals surface area (Å²) in [5, 5.41) is 13.6. The van der Waals surface area contributed by atoms with E-state index in [1.165, 1.54) is 12.8 Å². The van der Waals surface area contributed by atoms with E-state index >= 15 is 0 Å². The van der Waals surface area contributed by atoms with Crippen molar-refractivity contribution in [1.82, 2.24) is 4.90 Å². The third-order valence-corrected chi connectivity index (χ3v) is 7.55. The van der Waals surface area contributed by atoms with E-state index in [0.717, 1.165) is 71.3 Å². The maximum Gasteiger partial charge on any atom is 0.0923 e. The smallest absolute Gasteiger partial charge is 0.0923 e. The van der Waals surface area contributed by atoms with E-state index < -0.39 is 6.10 Å². The average Bonchev–Trinajstić information content (AvgIpc) is 3.15. The predicted molar refractivity (Wildman–Crippen MR) is 156 cm³/mol. The number of hydrogen-bond acceptors (Lipinski definition) is 2. The van der Waals surface area contributed by atoms with Crippen LogP contribution in [0.15, 0.2) is 54.6 Å². The second kappa shape index (κ2) is 12.6. The summed E-state index contributed by atoms with van der Waals surface area (Å²) in [6, 6.07) is 17.7. The second-order valence-corrected chi connectivity index (χ2v) is 10.9. The Kier molecular flexibility index (Phi) is 9.55. The van der Waals surface area contributed by atoms with Crippen molar-refractivity contribution in [3.05, 3.63) is 91.9 Å². The Morgan fingerprint density at radius 1 is 0.750 bits per heavy atom. The lowest BCUT2D eigenvalue weighted by atomic mass is 9.94. The van der Waals surface area contributed by atoms with Gasteiger partial charge in [0, 0.05) is 21.6 Å². The first-order chi connectivity index (χ1) is 17.4. The van der Waals surface area contributed by atoms with Crippen molar-refractivity contribution in [3.8, 4) is 11.1 Å². The zero-order valence-corrected chi connectivity index (χ0v) is 23.3. The van der Waals surface area contributed by atoms with E-state index in [1.54, 1.807) is 0 Å². The molecule has 0 spiro atoms. The van der Waals surface area contributed by atoms with E-state index in [2.05, 4.69) is 30.9 Å². The SMILES string of the molecule is CCCCCN(CCCC)CC(O)c1cc(Cl)cc2c1-c1ccc(Cl)cc1/C2=C/c1ccc(Cl)cc1. The quantitative estimate of drug-likeness (QED) is 0.191. The van der Waals surface area contributed by atoms with Gasteiger partial charge in [0.25, 0.3) is 0 Å². The van der Waals surface area contributed by atoms with Crippen molar-refractivity contribution in [3.63, 3.8) is 0 Å². The van der Waals surface area contributed by atoms with Crippen LogP contribution in [0.3, 0.4) is 0 Å². The maximum atomic E-state index is 11.6. The van der Waals surface area contributed by atoms with Crippen LogP contribution in [0.1, 0.15) is 74.3 Å². The lowest BCUT2D eigenvalue weighted by molar-refractivity contribution is 0.111. The lowest BCUT2D eigenvalue weighted by Crippen LogP contribution is -2.31. The highest BCUT2D eigenvalue weighted by Crippen LogP contribution is 2.50. The molecule has 190 valence electrons. The van der Waals surface area contributed by atoms with Gasteiger partial charge in [0.2, 0.25) is 0 Å². The molecule has 3 aromatic carbocycles. The van der Waals surface area contributed by atoms with Crippen LogP contribution >= 0.6 is 34.8 Å². The monoisotopic (exact) mass is 541 g/mol. The predicted octanol–water partition coefficient (Wildman–Crippen LogP) is 9.54. The molecule has 2 nitrogen and oxygen atoms in total. The molecular weight excluding hydrogens is 509 g/mol. The molecule has 4 rings (SSSR count). The molecule has 0 heterocycles. The Labute approximate surface area is 230 Å². The van der Waals surface area contributed by atoms with Gasteiger partial charge < -0.3 is 10.0 Å². The molecule has 5 heteroatoms. The van der Waals surface area contributed by atoms with Gasteiger partial charge in [0.1, 0.15) is 0 Å². The number of fused-ring (bicyclic) bond motifs is 3. The number of nitrogens with zero attached hydrogens (tertiary/aromatic N) is 1. The van der Waals surface area contributed by atoms with Crippen molar-refractivity contribution >= 4 is 46.5 Å². The first-order valence-electron chi connectivity index (χ1n) is 12.9. The van der Waals surface area contributed by atoms with Crippen molar-refractivity contribution < 1.29 is 5.11 Å². The minimum Gasteiger partial charge on any atom is -0.387 e. The molecule has 0 amide bonds. The summed E-state index contributed by atoms with van der Waals surface area (Å²) in [6.45, 7) is 7.02. The fourth-order valence-electron chi connectivity index (χ4n) is 4.99. The fourth-order valence-corrected chi connectivity index (χ4v) is 5.52. The molecule has 36 heavy (non-hydrogen) atoms. The number of rotatable bonds is 11. The summed E-state index contributed by atoms with van der Waals surface area (Å²) in [7, 11) is 0. The number of unbranched alkanes of at least 4 members (excludes halogenated alkanes) is 3. The van der Waals surface area contributed by atoms with Crippen LogP contribution in [-0.4, -0.2) is 29.6 Å². The molecule has 0 aromatic heterocycles. The largest absolute Gasteiger partial charge is 0.387 e. The summed E-state index contributed by atoms with van der Waals surface area (Å²) in [5.74, 6) is 0. The minimum absolute atomic E-state index is 0.593. The van der Waals surface area contributed by atoms with Crippen molar-refractivity contribution in [2.24, 2.45) is 0 Å². The molecule has 0 radical (unpaired) electrons. The molecule has 0 aliphatic heterocycles. The summed E-state index contributed by atoms with van der Waals surface area (Å²) in [6.07, 6.45) is 7.31. The van der Waals surface area contributed by atoms with Crippen LogP contribution in [0.5, 0.6) is 0 Å². The van der Waals surface area contributed by atoms with Gasteiger partial charge >= 0.3 is 0 Å². The van der Waals surface area contributed by atoms with Crippen LogP contribution in [-0.2, 0) is 0 Å². The highest BCUT2D eigenvalue weighted by molar-refractivity contribution is 6.32. The van der Waals surface area contributed by atoms with Crippen molar-refractivity contribution in [2.45, 2.75) is 52.1 Å². The van der Waals surface area contributed by atoms with Gasteiger partial charge in [0.05, 0.1) is 6.10 Å². The molecule has 1 unspecified atom stereocenters. The topological polar surface area (TPSA) is 23.5 Å². The molecule has 1 aliphatic rings. The molecule has 0 fully saturated rings. The normalized spacial score (nSPS) is 14.4. The van der Waals surface area contributed by atoms with Crippen LogP contribution in [0.25, 0.3) is 22.8 Å². The molecule has 0 saturated carbocycles. The van der Waals surface area contributed by atoms with Gasteiger partial charge in [-0.25, -0.2) is 0 Å². The van der Waals surface area contributed by atoms with E-state index in [-0.39, 0.29) is 0 Å². The lowest BCUT2D eigenvalue weighted by Gasteiger charge is -2.26. The van der Waals surface area contributed by atoms with Crippen LogP contribution in [0.4, 0.5) is 0 Å². The van der Waals surface area contributed by atoms with Crippen LogP contribution in [0.2, 0.25) is 15.1 Å². The van der Waals surface area contributed by atoms with Gasteiger partial charge in [-0.15, -0.1) is 0 Å². The Bertz CT molecular complexity index is 1220. The highest BCUT2D eigenvalue weighted by atomic mass is 35.5. The number of aliphatic hydroxyl groups excluding tert-OH is 1. The zero-order valence-electron chi connectivity index (χ0n) is 21.0. The van der Waals surface area contributed by atoms with E-state index in [9.17, 15) is 5.11 Å². The standard InChI is InChI=1S/C31H34Cl3NO/c1-3-5-7-15-35(14-6-4-2)20-30(36)29-19-24(34)18-28-26(16-21-8-10-22(32)11-9-21)27-17-23(33)12-13-25(27)31(28)29/h8-13,16-19,30,36H,3-7,14-15,20H2,1-2H3/b26-16-. The van der Waals surface area contributed by atoms with Crippen molar-refractivity contribution in [1.29, 1.82) is 0 Å². The van der Waals surface area contributed by atoms with Crippen LogP contribution in [0, 0.1) is 0 Å². The van der Waals surface area contributed by atoms with Gasteiger partial charge in [-0.05, 0) is 107 Å². The van der Waals surface area contributed by atoms with Gasteiger partial charge in [-0.1, -0.05) is 86.1 Å². The molecular formula is C31H34Cl3NO. The first kappa shape index (κ1) is 27.2. The van der Waals surface area contributed by atoms with E-state index in [4.69, 9.17) is 34.8 Å². The molecule has 1 atom stereocenters. The Morgan fingerprint density at radius 2 is 1.42 bits per heavy atom.